The zero-order valence-electron chi connectivity index (χ0n) is 6.87. The smallest absolute Gasteiger partial charge is 0.339 e. The van der Waals surface area contributed by atoms with E-state index in [2.05, 4.69) is 15.9 Å². The van der Waals surface area contributed by atoms with Crippen LogP contribution in [0.4, 0.5) is 8.28 Å². The minimum atomic E-state index is -5.08. The molecule has 82 valence electrons. The first-order valence-electron chi connectivity index (χ1n) is 3.41. The first-order valence-corrected chi connectivity index (χ1v) is 5.58. The molecule has 0 unspecified atom stereocenters. The summed E-state index contributed by atoms with van der Waals surface area (Å²) in [7, 11) is -5.08. The summed E-state index contributed by atoms with van der Waals surface area (Å²) in [6, 6.07) is 1.21. The molecule has 0 saturated carbocycles. The van der Waals surface area contributed by atoms with E-state index < -0.39 is 36.9 Å². The lowest BCUT2D eigenvalue weighted by Gasteiger charge is -2.04. The van der Waals surface area contributed by atoms with Crippen molar-refractivity contribution in [3.05, 3.63) is 28.0 Å². The van der Waals surface area contributed by atoms with Gasteiger partial charge in [0.1, 0.15) is 16.3 Å². The third-order valence-electron chi connectivity index (χ3n) is 1.53. The van der Waals surface area contributed by atoms with E-state index in [4.69, 9.17) is 5.11 Å². The first kappa shape index (κ1) is 12.1. The van der Waals surface area contributed by atoms with E-state index >= 15 is 0 Å². The maximum absolute atomic E-state index is 12.9. The van der Waals surface area contributed by atoms with Crippen molar-refractivity contribution in [1.82, 2.24) is 0 Å². The Morgan fingerprint density at radius 1 is 1.40 bits per heavy atom. The van der Waals surface area contributed by atoms with Crippen LogP contribution in [0.25, 0.3) is 0 Å². The van der Waals surface area contributed by atoms with Gasteiger partial charge in [0.25, 0.3) is 0 Å². The molecule has 0 aromatic heterocycles. The summed E-state index contributed by atoms with van der Waals surface area (Å²) in [5, 5.41) is 8.55. The Morgan fingerprint density at radius 2 is 1.93 bits per heavy atom. The molecule has 4 nitrogen and oxygen atoms in total. The molecule has 0 atom stereocenters. The summed E-state index contributed by atoms with van der Waals surface area (Å²) in [4.78, 5) is 9.62. The SMILES string of the molecule is O=C(O)c1c(F)ccc(S(=O)(=O)F)c1Br. The lowest BCUT2D eigenvalue weighted by molar-refractivity contribution is 0.0690. The molecule has 0 aliphatic rings. The van der Waals surface area contributed by atoms with Crippen LogP contribution >= 0.6 is 15.9 Å². The van der Waals surface area contributed by atoms with Gasteiger partial charge >= 0.3 is 16.2 Å². The second-order valence-electron chi connectivity index (χ2n) is 2.48. The van der Waals surface area contributed by atoms with Crippen LogP contribution in [0.5, 0.6) is 0 Å². The van der Waals surface area contributed by atoms with Gasteiger partial charge in [-0.25, -0.2) is 9.18 Å². The number of benzene rings is 1. The van der Waals surface area contributed by atoms with Crippen molar-refractivity contribution < 1.29 is 26.6 Å². The zero-order chi connectivity index (χ0) is 11.8. The van der Waals surface area contributed by atoms with Crippen molar-refractivity contribution in [2.75, 3.05) is 0 Å². The number of rotatable bonds is 2. The Bertz CT molecular complexity index is 526. The maximum atomic E-state index is 12.9. The van der Waals surface area contributed by atoms with Crippen LogP contribution < -0.4 is 0 Å². The highest BCUT2D eigenvalue weighted by Crippen LogP contribution is 2.29. The molecule has 0 aliphatic carbocycles. The molecule has 0 radical (unpaired) electrons. The molecule has 0 bridgehead atoms. The summed E-state index contributed by atoms with van der Waals surface area (Å²) < 4.78 is 45.9. The quantitative estimate of drug-likeness (QED) is 0.847. The second kappa shape index (κ2) is 3.86. The summed E-state index contributed by atoms with van der Waals surface area (Å²) in [6.45, 7) is 0. The standard InChI is InChI=1S/C7H3BrF2O4S/c8-6-4(15(10,13)14)2-1-3(9)5(6)7(11)12/h1-2H,(H,11,12). The zero-order valence-corrected chi connectivity index (χ0v) is 9.27. The predicted octanol–water partition coefficient (Wildman–Crippen LogP) is 1.94. The van der Waals surface area contributed by atoms with E-state index in [0.29, 0.717) is 12.1 Å². The fourth-order valence-corrected chi connectivity index (χ4v) is 2.54. The Hall–Kier alpha value is -1.02. The number of aromatic carboxylic acids is 1. The highest BCUT2D eigenvalue weighted by Gasteiger charge is 2.24. The molecule has 1 aromatic rings. The molecule has 0 saturated heterocycles. The molecule has 0 heterocycles. The maximum Gasteiger partial charge on any atom is 0.339 e. The average molecular weight is 301 g/mol. The van der Waals surface area contributed by atoms with E-state index in [1.54, 1.807) is 0 Å². The van der Waals surface area contributed by atoms with Crippen LogP contribution in [0.15, 0.2) is 21.5 Å². The normalized spacial score (nSPS) is 11.4. The van der Waals surface area contributed by atoms with Gasteiger partial charge in [0.15, 0.2) is 0 Å². The van der Waals surface area contributed by atoms with Gasteiger partial charge in [0.2, 0.25) is 0 Å². The molecule has 1 aromatic carbocycles. The monoisotopic (exact) mass is 300 g/mol. The van der Waals surface area contributed by atoms with Crippen LogP contribution in [0.2, 0.25) is 0 Å². The molecular weight excluding hydrogens is 298 g/mol. The van der Waals surface area contributed by atoms with Crippen LogP contribution in [0.3, 0.4) is 0 Å². The van der Waals surface area contributed by atoms with E-state index in [1.807, 2.05) is 0 Å². The van der Waals surface area contributed by atoms with E-state index in [9.17, 15) is 21.5 Å². The van der Waals surface area contributed by atoms with Crippen LogP contribution in [0, 0.1) is 5.82 Å². The number of carbonyl (C=O) groups is 1. The summed E-state index contributed by atoms with van der Waals surface area (Å²) in [5.41, 5.74) is -0.922. The van der Waals surface area contributed by atoms with Crippen molar-refractivity contribution in [2.45, 2.75) is 4.90 Å². The molecule has 15 heavy (non-hydrogen) atoms. The Labute approximate surface area is 91.9 Å². The fraction of sp³-hybridized carbons (Fsp3) is 0. The molecule has 0 spiro atoms. The van der Waals surface area contributed by atoms with Crippen molar-refractivity contribution in [1.29, 1.82) is 0 Å². The molecule has 1 N–H and O–H groups in total. The van der Waals surface area contributed by atoms with Gasteiger partial charge in [-0.2, -0.15) is 8.42 Å². The van der Waals surface area contributed by atoms with E-state index in [0.717, 1.165) is 0 Å². The third-order valence-corrected chi connectivity index (χ3v) is 3.48. The second-order valence-corrected chi connectivity index (χ2v) is 4.59. The summed E-state index contributed by atoms with van der Waals surface area (Å²) in [6.07, 6.45) is 0. The highest BCUT2D eigenvalue weighted by molar-refractivity contribution is 9.10. The number of hydrogen-bond donors (Lipinski definition) is 1. The first-order chi connectivity index (χ1) is 6.75. The highest BCUT2D eigenvalue weighted by atomic mass is 79.9. The largest absolute Gasteiger partial charge is 0.478 e. The van der Waals surface area contributed by atoms with Gasteiger partial charge in [0.05, 0.1) is 4.47 Å². The Kier molecular flexibility index (Phi) is 3.10. The molecular formula is C7H3BrF2O4S. The Morgan fingerprint density at radius 3 is 2.33 bits per heavy atom. The van der Waals surface area contributed by atoms with Gasteiger partial charge in [-0.05, 0) is 28.1 Å². The molecule has 1 rings (SSSR count). The minimum Gasteiger partial charge on any atom is -0.478 e. The van der Waals surface area contributed by atoms with Crippen molar-refractivity contribution in [3.8, 4) is 0 Å². The average Bonchev–Trinajstić information content (AvgIpc) is 2.00. The van der Waals surface area contributed by atoms with Gasteiger partial charge in [-0.3, -0.25) is 0 Å². The molecule has 8 heteroatoms. The van der Waals surface area contributed by atoms with E-state index in [-0.39, 0.29) is 0 Å². The Balaban J connectivity index is 3.64. The third kappa shape index (κ3) is 2.32. The molecule has 0 fully saturated rings. The lowest BCUT2D eigenvalue weighted by Crippen LogP contribution is -2.05. The van der Waals surface area contributed by atoms with E-state index in [1.165, 1.54) is 0 Å². The van der Waals surface area contributed by atoms with Gasteiger partial charge in [-0.1, -0.05) is 0 Å². The number of carboxylic acid groups (broad SMARTS) is 1. The van der Waals surface area contributed by atoms with Crippen LogP contribution in [0.1, 0.15) is 10.4 Å². The predicted molar refractivity (Wildman–Crippen MR) is 49.4 cm³/mol. The number of hydrogen-bond acceptors (Lipinski definition) is 3. The van der Waals surface area contributed by atoms with Crippen LogP contribution in [-0.4, -0.2) is 19.5 Å². The summed E-state index contributed by atoms with van der Waals surface area (Å²) in [5.74, 6) is -2.84. The van der Waals surface area contributed by atoms with Gasteiger partial charge < -0.3 is 5.11 Å². The van der Waals surface area contributed by atoms with Gasteiger partial charge in [-0.15, -0.1) is 3.89 Å². The molecule has 0 aliphatic heterocycles. The topological polar surface area (TPSA) is 71.4 Å². The van der Waals surface area contributed by atoms with Crippen molar-refractivity contribution >= 4 is 32.1 Å². The van der Waals surface area contributed by atoms with Crippen molar-refractivity contribution in [2.24, 2.45) is 0 Å². The number of carboxylic acids is 1. The molecule has 0 amide bonds. The summed E-state index contributed by atoms with van der Waals surface area (Å²) >= 11 is 2.53. The number of halogens is 3. The fourth-order valence-electron chi connectivity index (χ4n) is 0.918. The van der Waals surface area contributed by atoms with Crippen LogP contribution in [-0.2, 0) is 10.2 Å². The van der Waals surface area contributed by atoms with Crippen molar-refractivity contribution in [3.63, 3.8) is 0 Å². The minimum absolute atomic E-state index is 0.570. The lowest BCUT2D eigenvalue weighted by atomic mass is 10.2. The van der Waals surface area contributed by atoms with Gasteiger partial charge in [0, 0.05) is 0 Å².